The highest BCUT2D eigenvalue weighted by Gasteiger charge is 2.44. The molecule has 1 N–H and O–H groups in total. The number of halogens is 3. The van der Waals surface area contributed by atoms with Gasteiger partial charge in [-0.15, -0.1) is 0 Å². The molecule has 164 valence electrons. The number of hydrogen-bond acceptors (Lipinski definition) is 3. The lowest BCUT2D eigenvalue weighted by molar-refractivity contribution is -0.895. The summed E-state index contributed by atoms with van der Waals surface area (Å²) in [7, 11) is 0. The Balaban J connectivity index is 2.12. The third-order valence-electron chi connectivity index (χ3n) is 5.60. The topological polar surface area (TPSA) is 64.9 Å². The van der Waals surface area contributed by atoms with E-state index in [2.05, 4.69) is 0 Å². The normalized spacial score (nSPS) is 18.3. The van der Waals surface area contributed by atoms with Crippen LogP contribution in [-0.2, 0) is 9.59 Å². The molecule has 0 aliphatic carbocycles. The van der Waals surface area contributed by atoms with Gasteiger partial charge in [-0.1, -0.05) is 47.2 Å². The van der Waals surface area contributed by atoms with E-state index in [9.17, 15) is 19.1 Å². The summed E-state index contributed by atoms with van der Waals surface area (Å²) < 4.78 is 13.3. The van der Waals surface area contributed by atoms with Crippen LogP contribution in [0, 0.1) is 5.82 Å². The summed E-state index contributed by atoms with van der Waals surface area (Å²) in [6.07, 6.45) is 0. The SMILES string of the molecule is CC[NH+](CC)CCN1C(=O)C(=O)C(=C([O-])c2ccc(F)cc2)C1c1ccc(Cl)c(Cl)c1. The fourth-order valence-corrected chi connectivity index (χ4v) is 4.08. The van der Waals surface area contributed by atoms with Crippen LogP contribution in [-0.4, -0.2) is 42.8 Å². The Morgan fingerprint density at radius 3 is 2.29 bits per heavy atom. The summed E-state index contributed by atoms with van der Waals surface area (Å²) in [5.41, 5.74) is 0.497. The lowest BCUT2D eigenvalue weighted by atomic mass is 9.95. The Hall–Kier alpha value is -2.41. The largest absolute Gasteiger partial charge is 0.872 e. The van der Waals surface area contributed by atoms with E-state index in [1.165, 1.54) is 21.9 Å². The van der Waals surface area contributed by atoms with Crippen molar-refractivity contribution in [3.05, 3.63) is 75.0 Å². The predicted octanol–water partition coefficient (Wildman–Crippen LogP) is 2.28. The number of hydrogen-bond donors (Lipinski definition) is 1. The van der Waals surface area contributed by atoms with Gasteiger partial charge in [0.1, 0.15) is 5.82 Å². The Labute approximate surface area is 190 Å². The summed E-state index contributed by atoms with van der Waals surface area (Å²) in [6.45, 7) is 6.75. The van der Waals surface area contributed by atoms with Crippen molar-refractivity contribution in [3.63, 3.8) is 0 Å². The minimum Gasteiger partial charge on any atom is -0.872 e. The van der Waals surface area contributed by atoms with Crippen LogP contribution >= 0.6 is 23.2 Å². The van der Waals surface area contributed by atoms with Crippen LogP contribution in [0.25, 0.3) is 5.76 Å². The molecule has 0 aromatic heterocycles. The van der Waals surface area contributed by atoms with Crippen LogP contribution in [0.3, 0.4) is 0 Å². The van der Waals surface area contributed by atoms with E-state index in [0.717, 1.165) is 25.2 Å². The number of rotatable bonds is 7. The minimum atomic E-state index is -0.887. The van der Waals surface area contributed by atoms with Gasteiger partial charge in [-0.25, -0.2) is 4.39 Å². The first-order valence-corrected chi connectivity index (χ1v) is 10.8. The van der Waals surface area contributed by atoms with Crippen LogP contribution in [0.15, 0.2) is 48.0 Å². The van der Waals surface area contributed by atoms with Crippen molar-refractivity contribution in [2.45, 2.75) is 19.9 Å². The molecule has 1 heterocycles. The van der Waals surface area contributed by atoms with Crippen LogP contribution in [0.4, 0.5) is 4.39 Å². The van der Waals surface area contributed by atoms with Crippen molar-refractivity contribution < 1.29 is 24.0 Å². The summed E-state index contributed by atoms with van der Waals surface area (Å²) in [5.74, 6) is -2.68. The van der Waals surface area contributed by atoms with E-state index < -0.39 is 29.3 Å². The van der Waals surface area contributed by atoms with Crippen LogP contribution in [0.5, 0.6) is 0 Å². The zero-order chi connectivity index (χ0) is 22.7. The third kappa shape index (κ3) is 4.76. The number of ketones is 1. The zero-order valence-corrected chi connectivity index (χ0v) is 18.8. The highest BCUT2D eigenvalue weighted by Crippen LogP contribution is 2.40. The smallest absolute Gasteiger partial charge is 0.295 e. The molecule has 3 rings (SSSR count). The van der Waals surface area contributed by atoms with Gasteiger partial charge >= 0.3 is 0 Å². The second-order valence-corrected chi connectivity index (χ2v) is 8.17. The van der Waals surface area contributed by atoms with Gasteiger partial charge in [-0.05, 0) is 49.2 Å². The first kappa shape index (κ1) is 23.3. The highest BCUT2D eigenvalue weighted by atomic mass is 35.5. The number of Topliss-reactive ketones (excluding diaryl/α,β-unsaturated/α-hetero) is 1. The van der Waals surface area contributed by atoms with E-state index in [4.69, 9.17) is 23.2 Å². The Kier molecular flexibility index (Phi) is 7.36. The molecule has 1 amide bonds. The van der Waals surface area contributed by atoms with Crippen LogP contribution < -0.4 is 10.0 Å². The molecular weight excluding hydrogens is 442 g/mol. The number of likely N-dealkylation sites (tertiary alicyclic amines) is 1. The van der Waals surface area contributed by atoms with Crippen molar-refractivity contribution in [1.82, 2.24) is 4.90 Å². The molecular formula is C23H23Cl2FN2O3. The van der Waals surface area contributed by atoms with Gasteiger partial charge in [-0.3, -0.25) is 9.59 Å². The number of quaternary nitrogens is 1. The van der Waals surface area contributed by atoms with Gasteiger partial charge in [0.2, 0.25) is 5.78 Å². The minimum absolute atomic E-state index is 0.138. The molecule has 1 aliphatic heterocycles. The number of nitrogens with one attached hydrogen (secondary N) is 1. The Bertz CT molecular complexity index is 1020. The number of benzene rings is 2. The molecule has 2 aromatic rings. The molecule has 8 heteroatoms. The predicted molar refractivity (Wildman–Crippen MR) is 116 cm³/mol. The summed E-state index contributed by atoms with van der Waals surface area (Å²) in [5, 5.41) is 13.8. The third-order valence-corrected chi connectivity index (χ3v) is 6.34. The number of likely N-dealkylation sites (N-methyl/N-ethyl adjacent to an activating group) is 1. The lowest BCUT2D eigenvalue weighted by Crippen LogP contribution is -3.12. The summed E-state index contributed by atoms with van der Waals surface area (Å²) in [6, 6.07) is 8.79. The van der Waals surface area contributed by atoms with Gasteiger partial charge in [0.05, 0.1) is 42.3 Å². The zero-order valence-electron chi connectivity index (χ0n) is 17.3. The van der Waals surface area contributed by atoms with Crippen molar-refractivity contribution >= 4 is 40.7 Å². The fraction of sp³-hybridized carbons (Fsp3) is 0.304. The second kappa shape index (κ2) is 9.81. The van der Waals surface area contributed by atoms with Gasteiger partial charge in [0, 0.05) is 5.57 Å². The van der Waals surface area contributed by atoms with Crippen LogP contribution in [0.2, 0.25) is 10.0 Å². The van der Waals surface area contributed by atoms with Gasteiger partial charge in [0.25, 0.3) is 5.91 Å². The molecule has 2 aromatic carbocycles. The monoisotopic (exact) mass is 464 g/mol. The fourth-order valence-electron chi connectivity index (χ4n) is 3.77. The van der Waals surface area contributed by atoms with E-state index in [1.54, 1.807) is 18.2 Å². The summed E-state index contributed by atoms with van der Waals surface area (Å²) in [4.78, 5) is 28.5. The van der Waals surface area contributed by atoms with Crippen molar-refractivity contribution in [2.75, 3.05) is 26.2 Å². The first-order chi connectivity index (χ1) is 14.8. The van der Waals surface area contributed by atoms with Crippen molar-refractivity contribution in [1.29, 1.82) is 0 Å². The van der Waals surface area contributed by atoms with Crippen LogP contribution in [0.1, 0.15) is 31.0 Å². The average molecular weight is 465 g/mol. The number of carbonyl (C=O) groups is 2. The lowest BCUT2D eigenvalue weighted by Gasteiger charge is -2.28. The molecule has 0 saturated carbocycles. The van der Waals surface area contributed by atoms with Gasteiger partial charge in [0.15, 0.2) is 0 Å². The molecule has 1 atom stereocenters. The van der Waals surface area contributed by atoms with E-state index in [-0.39, 0.29) is 16.2 Å². The molecule has 1 fully saturated rings. The maximum absolute atomic E-state index is 13.3. The number of nitrogens with zero attached hydrogens (tertiary/aromatic N) is 1. The van der Waals surface area contributed by atoms with Crippen molar-refractivity contribution in [3.8, 4) is 0 Å². The van der Waals surface area contributed by atoms with Gasteiger partial charge < -0.3 is 14.9 Å². The highest BCUT2D eigenvalue weighted by molar-refractivity contribution is 6.46. The van der Waals surface area contributed by atoms with E-state index >= 15 is 0 Å². The van der Waals surface area contributed by atoms with Gasteiger partial charge in [-0.2, -0.15) is 0 Å². The average Bonchev–Trinajstić information content (AvgIpc) is 3.01. The van der Waals surface area contributed by atoms with Crippen molar-refractivity contribution in [2.24, 2.45) is 0 Å². The molecule has 0 radical (unpaired) electrons. The summed E-state index contributed by atoms with van der Waals surface area (Å²) >= 11 is 12.2. The molecule has 1 unspecified atom stereocenters. The Morgan fingerprint density at radius 1 is 1.06 bits per heavy atom. The molecule has 0 bridgehead atoms. The molecule has 1 saturated heterocycles. The quantitative estimate of drug-likeness (QED) is 0.388. The number of amides is 1. The molecule has 31 heavy (non-hydrogen) atoms. The second-order valence-electron chi connectivity index (χ2n) is 7.36. The first-order valence-electron chi connectivity index (χ1n) is 10.1. The van der Waals surface area contributed by atoms with E-state index in [1.807, 2.05) is 13.8 Å². The van der Waals surface area contributed by atoms with E-state index in [0.29, 0.717) is 23.7 Å². The molecule has 1 aliphatic rings. The maximum Gasteiger partial charge on any atom is 0.295 e. The molecule has 0 spiro atoms. The number of carbonyl (C=O) groups excluding carboxylic acids is 2. The standard InChI is InChI=1S/C23H23Cl2FN2O3/c1-3-27(4-2)11-12-28-20(15-7-10-17(24)18(25)13-15)19(22(30)23(28)31)21(29)14-5-8-16(26)9-6-14/h5-10,13,20,29H,3-4,11-12H2,1-2H3. The maximum atomic E-state index is 13.3. The Morgan fingerprint density at radius 2 is 1.71 bits per heavy atom. The molecule has 5 nitrogen and oxygen atoms in total.